The number of ketones is 1. The highest BCUT2D eigenvalue weighted by atomic mass is 16.1. The maximum atomic E-state index is 11.8. The van der Waals surface area contributed by atoms with E-state index < -0.39 is 6.04 Å². The lowest BCUT2D eigenvalue weighted by molar-refractivity contribution is 0.0968. The van der Waals surface area contributed by atoms with Gasteiger partial charge < -0.3 is 11.1 Å². The second-order valence-electron chi connectivity index (χ2n) is 4.57. The Balaban J connectivity index is 2.05. The maximum Gasteiger partial charge on any atom is 0.179 e. The van der Waals surface area contributed by atoms with Crippen LogP contribution < -0.4 is 11.1 Å². The van der Waals surface area contributed by atoms with Crippen LogP contribution in [0.4, 0.5) is 5.69 Å². The third-order valence-electron chi connectivity index (χ3n) is 2.90. The maximum absolute atomic E-state index is 11.8. The summed E-state index contributed by atoms with van der Waals surface area (Å²) in [6.45, 7) is 2.43. The molecule has 3 nitrogen and oxygen atoms in total. The number of benzene rings is 2. The van der Waals surface area contributed by atoms with Crippen molar-refractivity contribution in [3.05, 3.63) is 65.7 Å². The Labute approximate surface area is 113 Å². The van der Waals surface area contributed by atoms with Crippen LogP contribution in [0.3, 0.4) is 0 Å². The first-order valence-electron chi connectivity index (χ1n) is 6.34. The third-order valence-corrected chi connectivity index (χ3v) is 2.90. The van der Waals surface area contributed by atoms with Crippen molar-refractivity contribution in [1.82, 2.24) is 0 Å². The summed E-state index contributed by atoms with van der Waals surface area (Å²) < 4.78 is 0. The zero-order chi connectivity index (χ0) is 13.7. The Morgan fingerprint density at radius 3 is 2.58 bits per heavy atom. The largest absolute Gasteiger partial charge is 0.381 e. The van der Waals surface area contributed by atoms with Gasteiger partial charge in [-0.05, 0) is 24.6 Å². The number of anilines is 1. The molecule has 0 spiro atoms. The number of carbonyl (C=O) groups excluding carboxylic acids is 1. The summed E-state index contributed by atoms with van der Waals surface area (Å²) in [5, 5.41) is 3.30. The van der Waals surface area contributed by atoms with Crippen LogP contribution in [-0.4, -0.2) is 11.8 Å². The molecule has 2 aromatic carbocycles. The standard InChI is InChI=1S/C16H18N2O/c1-12(17)16(19)14-8-5-9-15(10-14)18-11-13-6-3-2-4-7-13/h2-10,12,18H,11,17H2,1H3. The van der Waals surface area contributed by atoms with Gasteiger partial charge in [-0.1, -0.05) is 42.5 Å². The fraction of sp³-hybridized carbons (Fsp3) is 0.188. The molecule has 3 heteroatoms. The van der Waals surface area contributed by atoms with Gasteiger partial charge in [-0.15, -0.1) is 0 Å². The van der Waals surface area contributed by atoms with E-state index in [0.717, 1.165) is 12.2 Å². The summed E-state index contributed by atoms with van der Waals surface area (Å²) in [5.41, 5.74) is 8.39. The van der Waals surface area contributed by atoms with Crippen LogP contribution in [0.2, 0.25) is 0 Å². The SMILES string of the molecule is CC(N)C(=O)c1cccc(NCc2ccccc2)c1. The van der Waals surface area contributed by atoms with E-state index in [1.807, 2.05) is 36.4 Å². The molecule has 0 saturated heterocycles. The van der Waals surface area contributed by atoms with Crippen LogP contribution in [-0.2, 0) is 6.54 Å². The molecule has 0 heterocycles. The quantitative estimate of drug-likeness (QED) is 0.807. The molecule has 0 saturated carbocycles. The molecule has 0 radical (unpaired) electrons. The van der Waals surface area contributed by atoms with E-state index in [-0.39, 0.29) is 5.78 Å². The summed E-state index contributed by atoms with van der Waals surface area (Å²) in [5.74, 6) is -0.0386. The molecule has 0 aliphatic heterocycles. The van der Waals surface area contributed by atoms with Gasteiger partial charge in [0, 0.05) is 17.8 Å². The lowest BCUT2D eigenvalue weighted by Gasteiger charge is -2.09. The predicted octanol–water partition coefficient (Wildman–Crippen LogP) is 2.83. The van der Waals surface area contributed by atoms with E-state index in [0.29, 0.717) is 5.56 Å². The molecule has 0 aromatic heterocycles. The van der Waals surface area contributed by atoms with Crippen molar-refractivity contribution in [2.24, 2.45) is 5.73 Å². The fourth-order valence-electron chi connectivity index (χ4n) is 1.85. The average molecular weight is 254 g/mol. The summed E-state index contributed by atoms with van der Waals surface area (Å²) in [4.78, 5) is 11.8. The highest BCUT2D eigenvalue weighted by molar-refractivity contribution is 6.00. The molecule has 3 N–H and O–H groups in total. The molecule has 19 heavy (non-hydrogen) atoms. The van der Waals surface area contributed by atoms with Crippen LogP contribution in [0, 0.1) is 0 Å². The number of carbonyl (C=O) groups is 1. The number of Topliss-reactive ketones (excluding diaryl/α,β-unsaturated/α-hetero) is 1. The van der Waals surface area contributed by atoms with Gasteiger partial charge in [-0.25, -0.2) is 0 Å². The van der Waals surface area contributed by atoms with E-state index in [1.54, 1.807) is 13.0 Å². The highest BCUT2D eigenvalue weighted by Gasteiger charge is 2.10. The number of hydrogen-bond acceptors (Lipinski definition) is 3. The molecule has 0 fully saturated rings. The predicted molar refractivity (Wildman–Crippen MR) is 78.2 cm³/mol. The number of rotatable bonds is 5. The zero-order valence-electron chi connectivity index (χ0n) is 11.0. The summed E-state index contributed by atoms with van der Waals surface area (Å²) in [6.07, 6.45) is 0. The molecule has 0 amide bonds. The first-order valence-corrected chi connectivity index (χ1v) is 6.34. The van der Waals surface area contributed by atoms with E-state index >= 15 is 0 Å². The minimum absolute atomic E-state index is 0.0386. The molecule has 0 bridgehead atoms. The second kappa shape index (κ2) is 6.16. The second-order valence-corrected chi connectivity index (χ2v) is 4.57. The zero-order valence-corrected chi connectivity index (χ0v) is 11.0. The Bertz CT molecular complexity index is 550. The Morgan fingerprint density at radius 1 is 1.16 bits per heavy atom. The van der Waals surface area contributed by atoms with E-state index in [4.69, 9.17) is 5.73 Å². The number of nitrogens with one attached hydrogen (secondary N) is 1. The summed E-state index contributed by atoms with van der Waals surface area (Å²) >= 11 is 0. The average Bonchev–Trinajstić information content (AvgIpc) is 2.45. The normalized spacial score (nSPS) is 11.9. The smallest absolute Gasteiger partial charge is 0.179 e. The van der Waals surface area contributed by atoms with Crippen LogP contribution in [0.5, 0.6) is 0 Å². The van der Waals surface area contributed by atoms with Gasteiger partial charge in [0.1, 0.15) is 0 Å². The topological polar surface area (TPSA) is 55.1 Å². The molecule has 1 atom stereocenters. The van der Waals surface area contributed by atoms with Crippen molar-refractivity contribution in [3.63, 3.8) is 0 Å². The number of nitrogens with two attached hydrogens (primary N) is 1. The number of hydrogen-bond donors (Lipinski definition) is 2. The minimum Gasteiger partial charge on any atom is -0.381 e. The molecule has 0 aliphatic rings. The molecule has 1 unspecified atom stereocenters. The van der Waals surface area contributed by atoms with Crippen molar-refractivity contribution in [2.45, 2.75) is 19.5 Å². The van der Waals surface area contributed by atoms with Crippen molar-refractivity contribution in [1.29, 1.82) is 0 Å². The van der Waals surface area contributed by atoms with Gasteiger partial charge in [0.15, 0.2) is 5.78 Å². The highest BCUT2D eigenvalue weighted by Crippen LogP contribution is 2.13. The molecular weight excluding hydrogens is 236 g/mol. The van der Waals surface area contributed by atoms with Crippen LogP contribution in [0.1, 0.15) is 22.8 Å². The van der Waals surface area contributed by atoms with Crippen LogP contribution >= 0.6 is 0 Å². The van der Waals surface area contributed by atoms with Gasteiger partial charge in [-0.3, -0.25) is 4.79 Å². The summed E-state index contributed by atoms with van der Waals surface area (Å²) in [7, 11) is 0. The fourth-order valence-corrected chi connectivity index (χ4v) is 1.85. The lowest BCUT2D eigenvalue weighted by Crippen LogP contribution is -2.26. The van der Waals surface area contributed by atoms with Gasteiger partial charge in [0.2, 0.25) is 0 Å². The minimum atomic E-state index is -0.468. The van der Waals surface area contributed by atoms with E-state index in [1.165, 1.54) is 5.56 Å². The van der Waals surface area contributed by atoms with Crippen LogP contribution in [0.15, 0.2) is 54.6 Å². The third kappa shape index (κ3) is 3.66. The van der Waals surface area contributed by atoms with Gasteiger partial charge in [0.25, 0.3) is 0 Å². The van der Waals surface area contributed by atoms with Crippen molar-refractivity contribution >= 4 is 11.5 Å². The first-order chi connectivity index (χ1) is 9.16. The Kier molecular flexibility index (Phi) is 4.31. The van der Waals surface area contributed by atoms with E-state index in [9.17, 15) is 4.79 Å². The van der Waals surface area contributed by atoms with Crippen molar-refractivity contribution in [3.8, 4) is 0 Å². The molecule has 0 aliphatic carbocycles. The van der Waals surface area contributed by atoms with Gasteiger partial charge in [-0.2, -0.15) is 0 Å². The van der Waals surface area contributed by atoms with Crippen molar-refractivity contribution < 1.29 is 4.79 Å². The molecule has 2 rings (SSSR count). The first kappa shape index (κ1) is 13.3. The molecular formula is C16H18N2O. The summed E-state index contributed by atoms with van der Waals surface area (Å²) in [6, 6.07) is 17.1. The van der Waals surface area contributed by atoms with Gasteiger partial charge in [0.05, 0.1) is 6.04 Å². The molecule has 2 aromatic rings. The Morgan fingerprint density at radius 2 is 1.89 bits per heavy atom. The molecule has 98 valence electrons. The Hall–Kier alpha value is -2.13. The lowest BCUT2D eigenvalue weighted by atomic mass is 10.1. The van der Waals surface area contributed by atoms with Crippen molar-refractivity contribution in [2.75, 3.05) is 5.32 Å². The van der Waals surface area contributed by atoms with E-state index in [2.05, 4.69) is 17.4 Å². The monoisotopic (exact) mass is 254 g/mol. The van der Waals surface area contributed by atoms with Gasteiger partial charge >= 0.3 is 0 Å². The van der Waals surface area contributed by atoms with Crippen LogP contribution in [0.25, 0.3) is 0 Å².